The number of rotatable bonds is 14. The van der Waals surface area contributed by atoms with Gasteiger partial charge in [0.25, 0.3) is 0 Å². The number of allylic oxidation sites excluding steroid dienone is 1. The molecule has 0 radical (unpaired) electrons. The largest absolute Gasteiger partial charge is 0.460 e. The number of fused-ring (bicyclic) bond motifs is 2. The summed E-state index contributed by atoms with van der Waals surface area (Å²) >= 11 is 0. The molecule has 5 rings (SSSR count). The van der Waals surface area contributed by atoms with E-state index in [9.17, 15) is 24.3 Å². The van der Waals surface area contributed by atoms with Crippen LogP contribution in [0.3, 0.4) is 0 Å². The molecule has 1 spiro atoms. The van der Waals surface area contributed by atoms with Gasteiger partial charge in [0.15, 0.2) is 0 Å². The first-order valence-corrected chi connectivity index (χ1v) is 15.0. The summed E-state index contributed by atoms with van der Waals surface area (Å²) in [6.07, 6.45) is 3.68. The van der Waals surface area contributed by atoms with Crippen LogP contribution in [0.4, 0.5) is 0 Å². The first-order valence-electron chi connectivity index (χ1n) is 15.0. The van der Waals surface area contributed by atoms with Crippen molar-refractivity contribution in [2.75, 3.05) is 19.7 Å². The Morgan fingerprint density at radius 2 is 2.05 bits per heavy atom. The minimum absolute atomic E-state index is 0.0447. The van der Waals surface area contributed by atoms with Gasteiger partial charge in [-0.05, 0) is 45.2 Å². The quantitative estimate of drug-likeness (QED) is 0.237. The fraction of sp³-hybridized carbons (Fsp3) is 0.548. The van der Waals surface area contributed by atoms with E-state index >= 15 is 0 Å². The molecule has 0 unspecified atom stereocenters. The topological polar surface area (TPSA) is 156 Å². The summed E-state index contributed by atoms with van der Waals surface area (Å²) in [7, 11) is 0. The van der Waals surface area contributed by atoms with Gasteiger partial charge in [-0.3, -0.25) is 19.2 Å². The molecular weight excluding hydrogens is 568 g/mol. The van der Waals surface area contributed by atoms with Gasteiger partial charge in [-0.2, -0.15) is 0 Å². The third-order valence-corrected chi connectivity index (χ3v) is 8.85. The van der Waals surface area contributed by atoms with Gasteiger partial charge in [-0.15, -0.1) is 18.3 Å². The molecule has 13 heteroatoms. The van der Waals surface area contributed by atoms with E-state index < -0.39 is 59.5 Å². The molecule has 236 valence electrons. The van der Waals surface area contributed by atoms with Gasteiger partial charge >= 0.3 is 5.97 Å². The molecule has 2 N–H and O–H groups in total. The van der Waals surface area contributed by atoms with Crippen LogP contribution in [-0.4, -0.2) is 103 Å². The van der Waals surface area contributed by atoms with Crippen molar-refractivity contribution in [1.82, 2.24) is 30.1 Å². The van der Waals surface area contributed by atoms with E-state index in [2.05, 4.69) is 28.8 Å². The molecule has 0 saturated carbocycles. The Labute approximate surface area is 255 Å². The van der Waals surface area contributed by atoms with Gasteiger partial charge in [0.2, 0.25) is 17.7 Å². The van der Waals surface area contributed by atoms with Crippen LogP contribution in [0.15, 0.2) is 49.6 Å². The number of hydrogen-bond acceptors (Lipinski definition) is 9. The van der Waals surface area contributed by atoms with E-state index in [-0.39, 0.29) is 38.7 Å². The molecule has 3 aliphatic heterocycles. The van der Waals surface area contributed by atoms with Gasteiger partial charge < -0.3 is 29.7 Å². The Bertz CT molecular complexity index is 1440. The third-order valence-electron chi connectivity index (χ3n) is 8.85. The van der Waals surface area contributed by atoms with E-state index in [0.717, 1.165) is 5.52 Å². The summed E-state index contributed by atoms with van der Waals surface area (Å²) in [4.78, 5) is 57.1. The fourth-order valence-corrected chi connectivity index (χ4v) is 6.83. The number of aromatic nitrogens is 3. The van der Waals surface area contributed by atoms with E-state index in [4.69, 9.17) is 9.47 Å². The van der Waals surface area contributed by atoms with Crippen LogP contribution in [0.2, 0.25) is 0 Å². The number of ether oxygens (including phenoxy) is 2. The number of carbonyl (C=O) groups is 4. The average molecular weight is 609 g/mol. The van der Waals surface area contributed by atoms with Crippen LogP contribution in [0.1, 0.15) is 39.5 Å². The Kier molecular flexibility index (Phi) is 9.16. The Hall–Kier alpha value is -4.10. The van der Waals surface area contributed by atoms with Crippen molar-refractivity contribution < 1.29 is 33.8 Å². The lowest BCUT2D eigenvalue weighted by Crippen LogP contribution is -2.58. The SMILES string of the molecule is C=CCCC(=O)NC[C@@H](C)OC(=O)[C@@H]1[C@@H]2CC[C@]3(O2)[C@H](C(=O)N(CC=C)Cn2nnc4ccccc42)N([C@H](C)CO)C(=O)[C@@H]13. The normalized spacial score (nSPS) is 26.7. The number of para-hydroxylation sites is 1. The number of aliphatic hydroxyl groups is 1. The van der Waals surface area contributed by atoms with Crippen LogP contribution < -0.4 is 5.32 Å². The minimum atomic E-state index is -1.27. The zero-order valence-electron chi connectivity index (χ0n) is 25.1. The van der Waals surface area contributed by atoms with Gasteiger partial charge in [0.1, 0.15) is 29.9 Å². The van der Waals surface area contributed by atoms with Crippen LogP contribution in [-0.2, 0) is 35.3 Å². The minimum Gasteiger partial charge on any atom is -0.460 e. The zero-order valence-corrected chi connectivity index (χ0v) is 25.1. The van der Waals surface area contributed by atoms with Crippen LogP contribution >= 0.6 is 0 Å². The first kappa shape index (κ1) is 31.3. The second-order valence-corrected chi connectivity index (χ2v) is 11.8. The average Bonchev–Trinajstić information content (AvgIpc) is 3.77. The first-order chi connectivity index (χ1) is 21.2. The van der Waals surface area contributed by atoms with E-state index in [1.165, 1.54) is 9.80 Å². The monoisotopic (exact) mass is 608 g/mol. The molecule has 0 aliphatic carbocycles. The molecular formula is C31H40N6O7. The van der Waals surface area contributed by atoms with E-state index in [1.807, 2.05) is 24.3 Å². The van der Waals surface area contributed by atoms with Crippen molar-refractivity contribution in [2.45, 2.75) is 76.1 Å². The lowest BCUT2D eigenvalue weighted by Gasteiger charge is -2.38. The highest BCUT2D eigenvalue weighted by atomic mass is 16.6. The highest BCUT2D eigenvalue weighted by molar-refractivity contribution is 5.98. The van der Waals surface area contributed by atoms with Crippen molar-refractivity contribution in [3.63, 3.8) is 0 Å². The molecule has 1 aromatic carbocycles. The number of likely N-dealkylation sites (tertiary alicyclic amines) is 1. The third kappa shape index (κ3) is 5.50. The maximum absolute atomic E-state index is 14.5. The van der Waals surface area contributed by atoms with Crippen LogP contribution in [0.5, 0.6) is 0 Å². The molecule has 3 amide bonds. The van der Waals surface area contributed by atoms with E-state index in [0.29, 0.717) is 24.8 Å². The number of amides is 3. The zero-order chi connectivity index (χ0) is 31.6. The predicted octanol–water partition coefficient (Wildman–Crippen LogP) is 1.17. The van der Waals surface area contributed by atoms with Crippen molar-refractivity contribution in [3.05, 3.63) is 49.6 Å². The van der Waals surface area contributed by atoms with Crippen LogP contribution in [0.25, 0.3) is 11.0 Å². The highest BCUT2D eigenvalue weighted by Gasteiger charge is 2.75. The fourth-order valence-electron chi connectivity index (χ4n) is 6.83. The number of carbonyl (C=O) groups excluding carboxylic acids is 4. The summed E-state index contributed by atoms with van der Waals surface area (Å²) in [5.74, 6) is -3.49. The lowest BCUT2D eigenvalue weighted by atomic mass is 9.70. The van der Waals surface area contributed by atoms with Crippen LogP contribution in [0, 0.1) is 11.8 Å². The number of aliphatic hydroxyl groups excluding tert-OH is 1. The maximum atomic E-state index is 14.5. The molecule has 1 aromatic heterocycles. The number of nitrogens with one attached hydrogen (secondary N) is 1. The summed E-state index contributed by atoms with van der Waals surface area (Å²) in [6.45, 7) is 10.7. The molecule has 13 nitrogen and oxygen atoms in total. The number of benzene rings is 1. The molecule has 4 heterocycles. The Morgan fingerprint density at radius 1 is 1.27 bits per heavy atom. The maximum Gasteiger partial charge on any atom is 0.312 e. The standard InChI is InChI=1S/C31H40N6O7/c1-5-7-12-24(39)32-16-20(4)43-30(42)25-23-13-14-31(44-23)26(25)28(40)37(19(3)17-38)27(31)29(41)35(15-6-2)18-36-22-11-9-8-10-21(22)33-34-36/h5-6,8-11,19-20,23,25-27,38H,1-2,7,12-18H2,3-4H3,(H,32,39)/t19-,20-,23+,25-,26-,27+,31-/m1/s1. The highest BCUT2D eigenvalue weighted by Crippen LogP contribution is 2.59. The second-order valence-electron chi connectivity index (χ2n) is 11.8. The second kappa shape index (κ2) is 12.9. The van der Waals surface area contributed by atoms with Gasteiger partial charge in [0.05, 0.1) is 42.6 Å². The van der Waals surface area contributed by atoms with Crippen molar-refractivity contribution in [2.24, 2.45) is 11.8 Å². The Balaban J connectivity index is 1.40. The van der Waals surface area contributed by atoms with Gasteiger partial charge in [-0.25, -0.2) is 4.68 Å². The Morgan fingerprint density at radius 3 is 2.77 bits per heavy atom. The van der Waals surface area contributed by atoms with Crippen molar-refractivity contribution >= 4 is 34.7 Å². The smallest absolute Gasteiger partial charge is 0.312 e. The lowest BCUT2D eigenvalue weighted by molar-refractivity contribution is -0.160. The molecule has 3 saturated heterocycles. The van der Waals surface area contributed by atoms with Gasteiger partial charge in [-0.1, -0.05) is 29.5 Å². The number of esters is 1. The summed E-state index contributed by atoms with van der Waals surface area (Å²) in [5.41, 5.74) is 0.145. The van der Waals surface area contributed by atoms with Crippen molar-refractivity contribution in [1.29, 1.82) is 0 Å². The summed E-state index contributed by atoms with van der Waals surface area (Å²) < 4.78 is 13.8. The molecule has 3 fully saturated rings. The molecule has 7 atom stereocenters. The van der Waals surface area contributed by atoms with Gasteiger partial charge in [0, 0.05) is 13.0 Å². The molecule has 2 aromatic rings. The molecule has 2 bridgehead atoms. The summed E-state index contributed by atoms with van der Waals surface area (Å²) in [5, 5.41) is 21.3. The van der Waals surface area contributed by atoms with E-state index in [1.54, 1.807) is 30.7 Å². The number of hydrogen-bond donors (Lipinski definition) is 2. The molecule has 3 aliphatic rings. The number of nitrogens with zero attached hydrogens (tertiary/aromatic N) is 5. The summed E-state index contributed by atoms with van der Waals surface area (Å²) in [6, 6.07) is 5.59. The van der Waals surface area contributed by atoms with Crippen molar-refractivity contribution in [3.8, 4) is 0 Å². The predicted molar refractivity (Wildman–Crippen MR) is 158 cm³/mol. The molecule has 44 heavy (non-hydrogen) atoms.